The Balaban J connectivity index is 1.83. The van der Waals surface area contributed by atoms with Crippen molar-refractivity contribution in [2.24, 2.45) is 0 Å². The van der Waals surface area contributed by atoms with E-state index >= 15 is 0 Å². The van der Waals surface area contributed by atoms with Crippen LogP contribution in [0.3, 0.4) is 0 Å². The van der Waals surface area contributed by atoms with Gasteiger partial charge in [-0.3, -0.25) is 4.79 Å². The number of furan rings is 1. The number of carbonyl (C=O) groups is 1. The van der Waals surface area contributed by atoms with E-state index in [1.165, 1.54) is 11.3 Å². The molecule has 3 N–H and O–H groups in total. The highest BCUT2D eigenvalue weighted by atomic mass is 32.1. The van der Waals surface area contributed by atoms with Crippen molar-refractivity contribution in [2.75, 3.05) is 5.73 Å². The molecule has 0 atom stereocenters. The van der Waals surface area contributed by atoms with Crippen molar-refractivity contribution in [1.82, 2.24) is 5.32 Å². The molecule has 0 aliphatic carbocycles. The molecule has 1 amide bonds. The number of fused-ring (bicyclic) bond motifs is 1. The lowest BCUT2D eigenvalue weighted by Crippen LogP contribution is -2.22. The van der Waals surface area contributed by atoms with Gasteiger partial charge in [-0.2, -0.15) is 0 Å². The number of carbonyl (C=O) groups excluding carboxylic acids is 1. The summed E-state index contributed by atoms with van der Waals surface area (Å²) >= 11 is 1.40. The SMILES string of the molecule is Nc1c(C(=O)NCc2ccco2)sc2ccccc12. The van der Waals surface area contributed by atoms with Gasteiger partial charge in [-0.25, -0.2) is 0 Å². The highest BCUT2D eigenvalue weighted by Crippen LogP contribution is 2.33. The van der Waals surface area contributed by atoms with Crippen molar-refractivity contribution < 1.29 is 9.21 Å². The molecule has 2 heterocycles. The molecule has 3 rings (SSSR count). The van der Waals surface area contributed by atoms with Crippen molar-refractivity contribution in [1.29, 1.82) is 0 Å². The van der Waals surface area contributed by atoms with Crippen LogP contribution in [0.5, 0.6) is 0 Å². The molecule has 0 spiro atoms. The lowest BCUT2D eigenvalue weighted by Gasteiger charge is -2.01. The summed E-state index contributed by atoms with van der Waals surface area (Å²) in [6, 6.07) is 11.3. The topological polar surface area (TPSA) is 68.3 Å². The summed E-state index contributed by atoms with van der Waals surface area (Å²) in [5.74, 6) is 0.545. The van der Waals surface area contributed by atoms with Gasteiger partial charge in [0.2, 0.25) is 0 Å². The first-order valence-electron chi connectivity index (χ1n) is 5.83. The van der Waals surface area contributed by atoms with Crippen molar-refractivity contribution in [3.05, 3.63) is 53.3 Å². The van der Waals surface area contributed by atoms with E-state index in [1.54, 1.807) is 12.3 Å². The number of amides is 1. The van der Waals surface area contributed by atoms with Gasteiger partial charge < -0.3 is 15.5 Å². The molecule has 0 bridgehead atoms. The van der Waals surface area contributed by atoms with Crippen LogP contribution in [0.2, 0.25) is 0 Å². The Bertz CT molecular complexity index is 716. The van der Waals surface area contributed by atoms with Crippen LogP contribution >= 0.6 is 11.3 Å². The molecule has 3 aromatic rings. The van der Waals surface area contributed by atoms with Crippen LogP contribution in [-0.2, 0) is 6.54 Å². The predicted molar refractivity (Wildman–Crippen MR) is 76.1 cm³/mol. The number of hydrogen-bond acceptors (Lipinski definition) is 4. The number of nitrogens with one attached hydrogen (secondary N) is 1. The molecule has 0 aliphatic heterocycles. The number of hydrogen-bond donors (Lipinski definition) is 2. The predicted octanol–water partition coefficient (Wildman–Crippen LogP) is 3.01. The van der Waals surface area contributed by atoms with Gasteiger partial charge in [0.15, 0.2) is 0 Å². The largest absolute Gasteiger partial charge is 0.467 e. The van der Waals surface area contributed by atoms with Gasteiger partial charge in [0.05, 0.1) is 18.5 Å². The summed E-state index contributed by atoms with van der Waals surface area (Å²) in [7, 11) is 0. The maximum Gasteiger partial charge on any atom is 0.263 e. The summed E-state index contributed by atoms with van der Waals surface area (Å²) < 4.78 is 6.18. The molecular weight excluding hydrogens is 260 g/mol. The van der Waals surface area contributed by atoms with Crippen molar-refractivity contribution in [2.45, 2.75) is 6.54 Å². The summed E-state index contributed by atoms with van der Waals surface area (Å²) in [6.07, 6.45) is 1.58. The van der Waals surface area contributed by atoms with E-state index in [0.29, 0.717) is 22.9 Å². The van der Waals surface area contributed by atoms with Crippen LogP contribution in [0.25, 0.3) is 10.1 Å². The second-order valence-electron chi connectivity index (χ2n) is 4.10. The summed E-state index contributed by atoms with van der Waals surface area (Å²) in [6.45, 7) is 0.361. The molecule has 0 fully saturated rings. The third-order valence-corrected chi connectivity index (χ3v) is 4.03. The second-order valence-corrected chi connectivity index (χ2v) is 5.16. The van der Waals surface area contributed by atoms with E-state index < -0.39 is 0 Å². The molecular formula is C14H12N2O2S. The Kier molecular flexibility index (Phi) is 2.97. The van der Waals surface area contributed by atoms with Crippen LogP contribution in [-0.4, -0.2) is 5.91 Å². The van der Waals surface area contributed by atoms with E-state index in [1.807, 2.05) is 30.3 Å². The minimum atomic E-state index is -0.171. The highest BCUT2D eigenvalue weighted by molar-refractivity contribution is 7.21. The number of nitrogen functional groups attached to an aromatic ring is 1. The van der Waals surface area contributed by atoms with Crippen LogP contribution < -0.4 is 11.1 Å². The number of rotatable bonds is 3. The van der Waals surface area contributed by atoms with E-state index in [-0.39, 0.29) is 5.91 Å². The average Bonchev–Trinajstić information content (AvgIpc) is 3.05. The fourth-order valence-corrected chi connectivity index (χ4v) is 2.93. The Morgan fingerprint density at radius 3 is 2.84 bits per heavy atom. The Morgan fingerprint density at radius 2 is 2.11 bits per heavy atom. The summed E-state index contributed by atoms with van der Waals surface area (Å²) in [5, 5.41) is 3.73. The quantitative estimate of drug-likeness (QED) is 0.770. The minimum Gasteiger partial charge on any atom is -0.467 e. The van der Waals surface area contributed by atoms with E-state index in [9.17, 15) is 4.79 Å². The van der Waals surface area contributed by atoms with Gasteiger partial charge in [0, 0.05) is 10.1 Å². The zero-order valence-corrected chi connectivity index (χ0v) is 10.9. The third-order valence-electron chi connectivity index (χ3n) is 2.84. The third kappa shape index (κ3) is 2.20. The maximum atomic E-state index is 12.1. The minimum absolute atomic E-state index is 0.171. The molecule has 0 saturated carbocycles. The summed E-state index contributed by atoms with van der Waals surface area (Å²) in [5.41, 5.74) is 6.55. The van der Waals surface area contributed by atoms with Gasteiger partial charge in [0.1, 0.15) is 10.6 Å². The first-order chi connectivity index (χ1) is 9.25. The standard InChI is InChI=1S/C14H12N2O2S/c15-12-10-5-1-2-6-11(10)19-13(12)14(17)16-8-9-4-3-7-18-9/h1-7H,8,15H2,(H,16,17). The number of benzene rings is 1. The highest BCUT2D eigenvalue weighted by Gasteiger charge is 2.15. The number of nitrogens with two attached hydrogens (primary N) is 1. The molecule has 5 heteroatoms. The van der Waals surface area contributed by atoms with Crippen molar-refractivity contribution in [3.8, 4) is 0 Å². The van der Waals surface area contributed by atoms with E-state index in [2.05, 4.69) is 5.32 Å². The fraction of sp³-hybridized carbons (Fsp3) is 0.0714. The second kappa shape index (κ2) is 4.78. The van der Waals surface area contributed by atoms with Gasteiger partial charge in [-0.05, 0) is 18.2 Å². The molecule has 19 heavy (non-hydrogen) atoms. The van der Waals surface area contributed by atoms with Crippen LogP contribution in [0.4, 0.5) is 5.69 Å². The monoisotopic (exact) mass is 272 g/mol. The van der Waals surface area contributed by atoms with Crippen LogP contribution in [0.1, 0.15) is 15.4 Å². The smallest absolute Gasteiger partial charge is 0.263 e. The summed E-state index contributed by atoms with van der Waals surface area (Å²) in [4.78, 5) is 12.7. The van der Waals surface area contributed by atoms with E-state index in [4.69, 9.17) is 10.2 Å². The van der Waals surface area contributed by atoms with Crippen LogP contribution in [0.15, 0.2) is 47.1 Å². The van der Waals surface area contributed by atoms with Crippen molar-refractivity contribution >= 4 is 33.0 Å². The molecule has 96 valence electrons. The number of anilines is 1. The Morgan fingerprint density at radius 1 is 1.26 bits per heavy atom. The van der Waals surface area contributed by atoms with Gasteiger partial charge in [-0.1, -0.05) is 18.2 Å². The Labute approximate surface area is 113 Å². The fourth-order valence-electron chi connectivity index (χ4n) is 1.89. The van der Waals surface area contributed by atoms with Crippen LogP contribution in [0, 0.1) is 0 Å². The molecule has 0 aliphatic rings. The molecule has 2 aromatic heterocycles. The Hall–Kier alpha value is -2.27. The van der Waals surface area contributed by atoms with Crippen molar-refractivity contribution in [3.63, 3.8) is 0 Å². The van der Waals surface area contributed by atoms with E-state index in [0.717, 1.165) is 10.1 Å². The first kappa shape index (κ1) is 11.8. The molecule has 0 radical (unpaired) electrons. The van der Waals surface area contributed by atoms with Gasteiger partial charge in [0.25, 0.3) is 5.91 Å². The zero-order valence-electron chi connectivity index (χ0n) is 10.1. The number of thiophene rings is 1. The van der Waals surface area contributed by atoms with Gasteiger partial charge >= 0.3 is 0 Å². The molecule has 0 saturated heterocycles. The average molecular weight is 272 g/mol. The first-order valence-corrected chi connectivity index (χ1v) is 6.65. The maximum absolute atomic E-state index is 12.1. The lowest BCUT2D eigenvalue weighted by atomic mass is 10.2. The lowest BCUT2D eigenvalue weighted by molar-refractivity contribution is 0.0953. The molecule has 4 nitrogen and oxygen atoms in total. The molecule has 1 aromatic carbocycles. The normalized spacial score (nSPS) is 10.7. The molecule has 0 unspecified atom stereocenters. The zero-order chi connectivity index (χ0) is 13.2. The van der Waals surface area contributed by atoms with Gasteiger partial charge in [-0.15, -0.1) is 11.3 Å².